The van der Waals surface area contributed by atoms with Crippen LogP contribution >= 0.6 is 0 Å². The molecule has 22 heavy (non-hydrogen) atoms. The number of fused-ring (bicyclic) bond motifs is 1. The highest BCUT2D eigenvalue weighted by molar-refractivity contribution is 6.06. The Hall–Kier alpha value is -2.10. The monoisotopic (exact) mass is 302 g/mol. The standard InChI is InChI=1S/C18H22O4/c1-6-21-17(19)14-9-13-12(5)10(3)8-11(4)15(13)16(14)18(20)22-7-2/h8-9,16H,6-7H2,1-5H3. The third kappa shape index (κ3) is 2.65. The van der Waals surface area contributed by atoms with Crippen molar-refractivity contribution in [1.29, 1.82) is 0 Å². The lowest BCUT2D eigenvalue weighted by molar-refractivity contribution is -0.147. The van der Waals surface area contributed by atoms with Gasteiger partial charge in [-0.3, -0.25) is 4.79 Å². The van der Waals surface area contributed by atoms with E-state index >= 15 is 0 Å². The number of rotatable bonds is 4. The molecule has 1 aliphatic carbocycles. The van der Waals surface area contributed by atoms with Crippen molar-refractivity contribution in [2.24, 2.45) is 0 Å². The van der Waals surface area contributed by atoms with Crippen molar-refractivity contribution in [3.63, 3.8) is 0 Å². The largest absolute Gasteiger partial charge is 0.465 e. The minimum Gasteiger partial charge on any atom is -0.465 e. The quantitative estimate of drug-likeness (QED) is 0.801. The third-order valence-electron chi connectivity index (χ3n) is 4.08. The molecule has 0 radical (unpaired) electrons. The van der Waals surface area contributed by atoms with Gasteiger partial charge in [-0.2, -0.15) is 0 Å². The van der Waals surface area contributed by atoms with Gasteiger partial charge >= 0.3 is 11.9 Å². The summed E-state index contributed by atoms with van der Waals surface area (Å²) in [5.41, 5.74) is 5.39. The summed E-state index contributed by atoms with van der Waals surface area (Å²) < 4.78 is 10.3. The van der Waals surface area contributed by atoms with Crippen molar-refractivity contribution in [1.82, 2.24) is 0 Å². The molecule has 0 spiro atoms. The first-order valence-electron chi connectivity index (χ1n) is 7.58. The molecular formula is C18H22O4. The molecule has 0 saturated carbocycles. The van der Waals surface area contributed by atoms with Crippen molar-refractivity contribution in [3.8, 4) is 0 Å². The van der Waals surface area contributed by atoms with Crippen LogP contribution in [0.4, 0.5) is 0 Å². The third-order valence-corrected chi connectivity index (χ3v) is 4.08. The van der Waals surface area contributed by atoms with Crippen LogP contribution < -0.4 is 0 Å². The Morgan fingerprint density at radius 2 is 1.68 bits per heavy atom. The molecule has 1 aliphatic rings. The molecule has 1 aromatic carbocycles. The van der Waals surface area contributed by atoms with Gasteiger partial charge in [-0.15, -0.1) is 0 Å². The Balaban J connectivity index is 2.59. The zero-order valence-electron chi connectivity index (χ0n) is 13.8. The van der Waals surface area contributed by atoms with Crippen LogP contribution in [0.1, 0.15) is 47.6 Å². The van der Waals surface area contributed by atoms with Crippen molar-refractivity contribution in [2.45, 2.75) is 40.5 Å². The number of aryl methyl sites for hydroxylation is 2. The molecule has 0 aromatic heterocycles. The highest BCUT2D eigenvalue weighted by Crippen LogP contribution is 2.42. The zero-order chi connectivity index (χ0) is 16.4. The molecule has 1 atom stereocenters. The van der Waals surface area contributed by atoms with Gasteiger partial charge in [-0.25, -0.2) is 4.79 Å². The fourth-order valence-corrected chi connectivity index (χ4v) is 2.96. The van der Waals surface area contributed by atoms with Gasteiger partial charge < -0.3 is 9.47 Å². The van der Waals surface area contributed by atoms with E-state index in [1.54, 1.807) is 19.9 Å². The summed E-state index contributed by atoms with van der Waals surface area (Å²) in [5, 5.41) is 0. The maximum atomic E-state index is 12.4. The molecule has 2 rings (SSSR count). The Morgan fingerprint density at radius 3 is 2.27 bits per heavy atom. The molecule has 4 nitrogen and oxygen atoms in total. The van der Waals surface area contributed by atoms with Crippen LogP contribution in [0.15, 0.2) is 11.6 Å². The number of hydrogen-bond donors (Lipinski definition) is 0. The number of carbonyl (C=O) groups is 2. The molecule has 0 fully saturated rings. The number of benzene rings is 1. The Bertz CT molecular complexity index is 656. The molecule has 1 unspecified atom stereocenters. The maximum absolute atomic E-state index is 12.4. The first kappa shape index (κ1) is 16.3. The smallest absolute Gasteiger partial charge is 0.335 e. The van der Waals surface area contributed by atoms with Gasteiger partial charge in [0.15, 0.2) is 0 Å². The minimum absolute atomic E-state index is 0.277. The van der Waals surface area contributed by atoms with E-state index in [2.05, 4.69) is 0 Å². The zero-order valence-corrected chi connectivity index (χ0v) is 13.8. The van der Waals surface area contributed by atoms with Crippen LogP contribution in [0, 0.1) is 20.8 Å². The topological polar surface area (TPSA) is 52.6 Å². The van der Waals surface area contributed by atoms with Gasteiger partial charge in [-0.05, 0) is 68.5 Å². The number of esters is 2. The van der Waals surface area contributed by atoms with E-state index in [4.69, 9.17) is 9.47 Å². The summed E-state index contributed by atoms with van der Waals surface area (Å²) in [6, 6.07) is 2.04. The summed E-state index contributed by atoms with van der Waals surface area (Å²) in [6.07, 6.45) is 1.78. The van der Waals surface area contributed by atoms with E-state index in [0.717, 1.165) is 27.8 Å². The molecule has 0 bridgehead atoms. The van der Waals surface area contributed by atoms with Crippen molar-refractivity contribution < 1.29 is 19.1 Å². The van der Waals surface area contributed by atoms with Gasteiger partial charge in [0.25, 0.3) is 0 Å². The highest BCUT2D eigenvalue weighted by atomic mass is 16.5. The fourth-order valence-electron chi connectivity index (χ4n) is 2.96. The molecule has 1 aromatic rings. The first-order chi connectivity index (χ1) is 10.4. The Kier molecular flexibility index (Phi) is 4.69. The summed E-state index contributed by atoms with van der Waals surface area (Å²) >= 11 is 0. The summed E-state index contributed by atoms with van der Waals surface area (Å²) in [5.74, 6) is -1.53. The molecule has 0 saturated heterocycles. The van der Waals surface area contributed by atoms with Crippen LogP contribution in [0.25, 0.3) is 6.08 Å². The number of ether oxygens (including phenoxy) is 2. The molecule has 0 heterocycles. The van der Waals surface area contributed by atoms with Gasteiger partial charge in [0.1, 0.15) is 5.92 Å². The lowest BCUT2D eigenvalue weighted by atomic mass is 9.89. The second-order valence-corrected chi connectivity index (χ2v) is 5.47. The summed E-state index contributed by atoms with van der Waals surface area (Å²) in [4.78, 5) is 24.6. The van der Waals surface area contributed by atoms with Gasteiger partial charge in [0.2, 0.25) is 0 Å². The number of carbonyl (C=O) groups excluding carboxylic acids is 2. The summed E-state index contributed by atoms with van der Waals surface area (Å²) in [6.45, 7) is 10.1. The predicted molar refractivity (Wildman–Crippen MR) is 84.6 cm³/mol. The van der Waals surface area contributed by atoms with Gasteiger partial charge in [0, 0.05) is 0 Å². The lowest BCUT2D eigenvalue weighted by Crippen LogP contribution is -2.22. The average Bonchev–Trinajstić information content (AvgIpc) is 2.86. The van der Waals surface area contributed by atoms with E-state index < -0.39 is 17.9 Å². The molecule has 118 valence electrons. The molecule has 4 heteroatoms. The Morgan fingerprint density at radius 1 is 1.05 bits per heavy atom. The molecular weight excluding hydrogens is 280 g/mol. The predicted octanol–water partition coefficient (Wildman–Crippen LogP) is 3.22. The maximum Gasteiger partial charge on any atom is 0.335 e. The second kappa shape index (κ2) is 6.34. The van der Waals surface area contributed by atoms with Crippen molar-refractivity contribution >= 4 is 18.0 Å². The Labute approximate surface area is 131 Å². The minimum atomic E-state index is -0.687. The summed E-state index contributed by atoms with van der Waals surface area (Å²) in [7, 11) is 0. The van der Waals surface area contributed by atoms with Crippen LogP contribution in [0.5, 0.6) is 0 Å². The van der Waals surface area contributed by atoms with E-state index in [0.29, 0.717) is 5.57 Å². The van der Waals surface area contributed by atoms with Crippen molar-refractivity contribution in [2.75, 3.05) is 13.2 Å². The molecule has 0 N–H and O–H groups in total. The van der Waals surface area contributed by atoms with Crippen molar-refractivity contribution in [3.05, 3.63) is 39.5 Å². The van der Waals surface area contributed by atoms with Crippen LogP contribution in [0.3, 0.4) is 0 Å². The fraction of sp³-hybridized carbons (Fsp3) is 0.444. The highest BCUT2D eigenvalue weighted by Gasteiger charge is 2.39. The normalized spacial score (nSPS) is 16.0. The van der Waals surface area contributed by atoms with Crippen LogP contribution in [0.2, 0.25) is 0 Å². The lowest BCUT2D eigenvalue weighted by Gasteiger charge is -2.18. The van der Waals surface area contributed by atoms with E-state index in [1.807, 2.05) is 26.8 Å². The van der Waals surface area contributed by atoms with E-state index in [9.17, 15) is 9.59 Å². The van der Waals surface area contributed by atoms with E-state index in [1.165, 1.54) is 0 Å². The van der Waals surface area contributed by atoms with Gasteiger partial charge in [-0.1, -0.05) is 6.07 Å². The number of hydrogen-bond acceptors (Lipinski definition) is 4. The average molecular weight is 302 g/mol. The van der Waals surface area contributed by atoms with E-state index in [-0.39, 0.29) is 13.2 Å². The second-order valence-electron chi connectivity index (χ2n) is 5.47. The SMILES string of the molecule is CCOC(=O)C1=Cc2c(C)c(C)cc(C)c2C1C(=O)OCC. The molecule has 0 aliphatic heterocycles. The van der Waals surface area contributed by atoms with Gasteiger partial charge in [0.05, 0.1) is 18.8 Å². The van der Waals surface area contributed by atoms with Crippen LogP contribution in [-0.2, 0) is 19.1 Å². The first-order valence-corrected chi connectivity index (χ1v) is 7.58. The molecule has 0 amide bonds. The van der Waals surface area contributed by atoms with Crippen LogP contribution in [-0.4, -0.2) is 25.2 Å².